The number of carbonyl (C=O) groups is 1. The molecule has 0 unspecified atom stereocenters. The molecule has 1 N–H and O–H groups in total. The zero-order valence-electron chi connectivity index (χ0n) is 13.4. The molecular weight excluding hydrogens is 278 g/mol. The van der Waals surface area contributed by atoms with Crippen molar-refractivity contribution in [2.24, 2.45) is 0 Å². The predicted octanol–water partition coefficient (Wildman–Crippen LogP) is 3.18. The molecule has 2 aromatic rings. The molecule has 5 heteroatoms. The molecule has 0 bridgehead atoms. The van der Waals surface area contributed by atoms with Crippen LogP contribution in [0, 0.1) is 6.92 Å². The topological polar surface area (TPSA) is 56.2 Å². The molecule has 0 fully saturated rings. The van der Waals surface area contributed by atoms with Crippen molar-refractivity contribution >= 4 is 11.7 Å². The molecule has 2 rings (SSSR count). The van der Waals surface area contributed by atoms with Gasteiger partial charge < -0.3 is 10.1 Å². The standard InChI is InChI=1S/C17H23N3O2/c1-4-5-10-20-16(11-13(2)19-20)18-17(21)12-14-6-8-15(22-3)9-7-14/h6-9,11H,4-5,10,12H2,1-3H3,(H,18,21). The van der Waals surface area contributed by atoms with Gasteiger partial charge in [0.25, 0.3) is 0 Å². The Bertz CT molecular complexity index is 617. The second-order valence-corrected chi connectivity index (χ2v) is 5.32. The number of aryl methyl sites for hydroxylation is 2. The number of ether oxygens (including phenoxy) is 1. The Morgan fingerprint density at radius 3 is 2.68 bits per heavy atom. The van der Waals surface area contributed by atoms with Crippen LogP contribution in [0.5, 0.6) is 5.75 Å². The summed E-state index contributed by atoms with van der Waals surface area (Å²) in [6.45, 7) is 4.89. The summed E-state index contributed by atoms with van der Waals surface area (Å²) in [5, 5.41) is 7.36. The molecule has 0 aliphatic carbocycles. The van der Waals surface area contributed by atoms with Gasteiger partial charge >= 0.3 is 0 Å². The van der Waals surface area contributed by atoms with Crippen LogP contribution in [0.15, 0.2) is 30.3 Å². The minimum Gasteiger partial charge on any atom is -0.497 e. The number of anilines is 1. The van der Waals surface area contributed by atoms with Gasteiger partial charge in [0.05, 0.1) is 19.2 Å². The highest BCUT2D eigenvalue weighted by Crippen LogP contribution is 2.14. The van der Waals surface area contributed by atoms with Gasteiger partial charge in [0, 0.05) is 12.6 Å². The van der Waals surface area contributed by atoms with Crippen molar-refractivity contribution in [3.63, 3.8) is 0 Å². The van der Waals surface area contributed by atoms with Crippen LogP contribution in [-0.2, 0) is 17.8 Å². The van der Waals surface area contributed by atoms with Crippen LogP contribution in [0.2, 0.25) is 0 Å². The van der Waals surface area contributed by atoms with E-state index in [4.69, 9.17) is 4.74 Å². The molecule has 0 spiro atoms. The highest BCUT2D eigenvalue weighted by atomic mass is 16.5. The van der Waals surface area contributed by atoms with E-state index in [0.717, 1.165) is 42.2 Å². The van der Waals surface area contributed by atoms with E-state index in [-0.39, 0.29) is 5.91 Å². The maximum Gasteiger partial charge on any atom is 0.229 e. The molecule has 5 nitrogen and oxygen atoms in total. The van der Waals surface area contributed by atoms with Crippen molar-refractivity contribution in [2.45, 2.75) is 39.7 Å². The van der Waals surface area contributed by atoms with Gasteiger partial charge in [-0.2, -0.15) is 5.10 Å². The third kappa shape index (κ3) is 4.35. The van der Waals surface area contributed by atoms with Crippen molar-refractivity contribution in [3.05, 3.63) is 41.6 Å². The molecular formula is C17H23N3O2. The van der Waals surface area contributed by atoms with E-state index in [1.807, 2.05) is 41.9 Å². The van der Waals surface area contributed by atoms with E-state index in [1.54, 1.807) is 7.11 Å². The van der Waals surface area contributed by atoms with Gasteiger partial charge in [-0.3, -0.25) is 4.79 Å². The van der Waals surface area contributed by atoms with Crippen molar-refractivity contribution in [1.29, 1.82) is 0 Å². The monoisotopic (exact) mass is 301 g/mol. The lowest BCUT2D eigenvalue weighted by atomic mass is 10.1. The molecule has 0 radical (unpaired) electrons. The van der Waals surface area contributed by atoms with Gasteiger partial charge in [0.2, 0.25) is 5.91 Å². The number of hydrogen-bond donors (Lipinski definition) is 1. The second kappa shape index (κ2) is 7.64. The van der Waals surface area contributed by atoms with Gasteiger partial charge in [0.15, 0.2) is 0 Å². The number of amides is 1. The van der Waals surface area contributed by atoms with E-state index in [9.17, 15) is 4.79 Å². The number of rotatable bonds is 7. The van der Waals surface area contributed by atoms with Crippen LogP contribution in [0.4, 0.5) is 5.82 Å². The van der Waals surface area contributed by atoms with E-state index in [2.05, 4.69) is 17.3 Å². The zero-order valence-corrected chi connectivity index (χ0v) is 13.4. The predicted molar refractivity (Wildman–Crippen MR) is 87.2 cm³/mol. The molecule has 1 aromatic carbocycles. The largest absolute Gasteiger partial charge is 0.497 e. The fraction of sp³-hybridized carbons (Fsp3) is 0.412. The van der Waals surface area contributed by atoms with Gasteiger partial charge in [0.1, 0.15) is 11.6 Å². The Balaban J connectivity index is 1.99. The molecule has 0 aliphatic rings. The maximum absolute atomic E-state index is 12.2. The first kappa shape index (κ1) is 16.1. The SMILES string of the molecule is CCCCn1nc(C)cc1NC(=O)Cc1ccc(OC)cc1. The minimum absolute atomic E-state index is 0.0391. The highest BCUT2D eigenvalue weighted by Gasteiger charge is 2.10. The number of unbranched alkanes of at least 4 members (excludes halogenated alkanes) is 1. The summed E-state index contributed by atoms with van der Waals surface area (Å²) in [6.07, 6.45) is 2.47. The quantitative estimate of drug-likeness (QED) is 0.854. The number of aromatic nitrogens is 2. The number of methoxy groups -OCH3 is 1. The lowest BCUT2D eigenvalue weighted by Crippen LogP contribution is -2.17. The number of benzene rings is 1. The maximum atomic E-state index is 12.2. The lowest BCUT2D eigenvalue weighted by Gasteiger charge is -2.09. The summed E-state index contributed by atoms with van der Waals surface area (Å²) in [5.41, 5.74) is 1.87. The first-order valence-electron chi connectivity index (χ1n) is 7.59. The molecule has 0 aliphatic heterocycles. The zero-order chi connectivity index (χ0) is 15.9. The summed E-state index contributed by atoms with van der Waals surface area (Å²) in [6, 6.07) is 9.42. The van der Waals surface area contributed by atoms with Crippen LogP contribution in [-0.4, -0.2) is 22.8 Å². The van der Waals surface area contributed by atoms with Gasteiger partial charge in [-0.05, 0) is 31.0 Å². The summed E-state index contributed by atoms with van der Waals surface area (Å²) < 4.78 is 6.98. The Kier molecular flexibility index (Phi) is 5.58. The van der Waals surface area contributed by atoms with Gasteiger partial charge in [-0.15, -0.1) is 0 Å². The van der Waals surface area contributed by atoms with Crippen molar-refractivity contribution in [3.8, 4) is 5.75 Å². The van der Waals surface area contributed by atoms with Crippen molar-refractivity contribution < 1.29 is 9.53 Å². The molecule has 118 valence electrons. The van der Waals surface area contributed by atoms with Crippen LogP contribution >= 0.6 is 0 Å². The van der Waals surface area contributed by atoms with E-state index in [0.29, 0.717) is 6.42 Å². The van der Waals surface area contributed by atoms with Crippen LogP contribution < -0.4 is 10.1 Å². The average Bonchev–Trinajstić information content (AvgIpc) is 2.85. The Hall–Kier alpha value is -2.30. The highest BCUT2D eigenvalue weighted by molar-refractivity contribution is 5.91. The number of hydrogen-bond acceptors (Lipinski definition) is 3. The van der Waals surface area contributed by atoms with E-state index < -0.39 is 0 Å². The molecule has 1 amide bonds. The Labute approximate surface area is 131 Å². The Morgan fingerprint density at radius 2 is 2.05 bits per heavy atom. The number of nitrogens with one attached hydrogen (secondary N) is 1. The summed E-state index contributed by atoms with van der Waals surface area (Å²) in [5.74, 6) is 1.52. The minimum atomic E-state index is -0.0391. The normalized spacial score (nSPS) is 10.5. The lowest BCUT2D eigenvalue weighted by molar-refractivity contribution is -0.115. The van der Waals surface area contributed by atoms with Crippen molar-refractivity contribution in [2.75, 3.05) is 12.4 Å². The van der Waals surface area contributed by atoms with Crippen molar-refractivity contribution in [1.82, 2.24) is 9.78 Å². The smallest absolute Gasteiger partial charge is 0.229 e. The van der Waals surface area contributed by atoms with E-state index >= 15 is 0 Å². The molecule has 0 saturated carbocycles. The van der Waals surface area contributed by atoms with Gasteiger partial charge in [-0.1, -0.05) is 25.5 Å². The fourth-order valence-electron chi connectivity index (χ4n) is 2.24. The molecule has 0 saturated heterocycles. The van der Waals surface area contributed by atoms with Gasteiger partial charge in [-0.25, -0.2) is 4.68 Å². The van der Waals surface area contributed by atoms with Crippen LogP contribution in [0.3, 0.4) is 0 Å². The summed E-state index contributed by atoms with van der Waals surface area (Å²) in [4.78, 5) is 12.2. The third-order valence-electron chi connectivity index (χ3n) is 3.42. The molecule has 1 aromatic heterocycles. The average molecular weight is 301 g/mol. The summed E-state index contributed by atoms with van der Waals surface area (Å²) >= 11 is 0. The first-order chi connectivity index (χ1) is 10.6. The molecule has 1 heterocycles. The Morgan fingerprint density at radius 1 is 1.32 bits per heavy atom. The fourth-order valence-corrected chi connectivity index (χ4v) is 2.24. The number of carbonyl (C=O) groups excluding carboxylic acids is 1. The van der Waals surface area contributed by atoms with E-state index in [1.165, 1.54) is 0 Å². The molecule has 0 atom stereocenters. The second-order valence-electron chi connectivity index (χ2n) is 5.32. The first-order valence-corrected chi connectivity index (χ1v) is 7.59. The van der Waals surface area contributed by atoms with Crippen LogP contribution in [0.1, 0.15) is 31.0 Å². The van der Waals surface area contributed by atoms with Crippen LogP contribution in [0.25, 0.3) is 0 Å². The third-order valence-corrected chi connectivity index (χ3v) is 3.42. The summed E-state index contributed by atoms with van der Waals surface area (Å²) in [7, 11) is 1.63. The number of nitrogens with zero attached hydrogens (tertiary/aromatic N) is 2. The molecule has 22 heavy (non-hydrogen) atoms.